The van der Waals surface area contributed by atoms with Gasteiger partial charge in [-0.15, -0.1) is 0 Å². The second-order valence-corrected chi connectivity index (χ2v) is 14.4. The molecule has 11 nitrogen and oxygen atoms in total. The Morgan fingerprint density at radius 3 is 2.37 bits per heavy atom. The third-order valence-electron chi connectivity index (χ3n) is 9.04. The summed E-state index contributed by atoms with van der Waals surface area (Å²) in [4.78, 5) is 41.1. The van der Waals surface area contributed by atoms with E-state index < -0.39 is 11.7 Å². The van der Waals surface area contributed by atoms with E-state index in [9.17, 15) is 9.59 Å². The van der Waals surface area contributed by atoms with Gasteiger partial charge in [0.25, 0.3) is 5.91 Å². The number of piperidine rings is 1. The molecule has 1 aromatic carbocycles. The summed E-state index contributed by atoms with van der Waals surface area (Å²) in [5, 5.41) is 6.76. The molecule has 1 unspecified atom stereocenters. The number of nitrogens with zero attached hydrogens (tertiary/aromatic N) is 5. The minimum Gasteiger partial charge on any atom is -0.444 e. The lowest BCUT2D eigenvalue weighted by Gasteiger charge is -2.48. The summed E-state index contributed by atoms with van der Waals surface area (Å²) in [7, 11) is 0. The molecule has 2 aliphatic heterocycles. The average molecular weight is 676 g/mol. The molecule has 2 amide bonds. The number of piperazine rings is 1. The molecule has 0 radical (unpaired) electrons. The van der Waals surface area contributed by atoms with Gasteiger partial charge in [0.2, 0.25) is 0 Å². The molecular weight excluding hydrogens is 627 g/mol. The number of benzene rings is 1. The molecule has 2 saturated heterocycles. The number of carbonyl (C=O) groups is 2. The lowest BCUT2D eigenvalue weighted by atomic mass is 9.94. The van der Waals surface area contributed by atoms with E-state index in [4.69, 9.17) is 33.7 Å². The third-order valence-corrected chi connectivity index (χ3v) is 9.55. The number of halogens is 2. The number of ether oxygens (including phenoxy) is 1. The fourth-order valence-corrected chi connectivity index (χ4v) is 6.95. The Bertz CT molecular complexity index is 1360. The monoisotopic (exact) mass is 674 g/mol. The zero-order chi connectivity index (χ0) is 33.0. The number of rotatable bonds is 10. The van der Waals surface area contributed by atoms with Gasteiger partial charge in [-0.25, -0.2) is 14.8 Å². The predicted octanol–water partition coefficient (Wildman–Crippen LogP) is 5.28. The van der Waals surface area contributed by atoms with Crippen LogP contribution in [0.3, 0.4) is 0 Å². The normalized spacial score (nSPS) is 20.7. The van der Waals surface area contributed by atoms with Crippen molar-refractivity contribution < 1.29 is 14.3 Å². The van der Waals surface area contributed by atoms with Crippen LogP contribution in [-0.4, -0.2) is 94.8 Å². The summed E-state index contributed by atoms with van der Waals surface area (Å²) >= 11 is 12.8. The maximum Gasteiger partial charge on any atom is 0.407 e. The number of anilines is 2. The van der Waals surface area contributed by atoms with Gasteiger partial charge in [-0.1, -0.05) is 42.3 Å². The molecule has 46 heavy (non-hydrogen) atoms. The molecule has 13 heteroatoms. The van der Waals surface area contributed by atoms with Crippen LogP contribution in [0, 0.1) is 0 Å². The first-order valence-corrected chi connectivity index (χ1v) is 17.3. The molecule has 0 spiro atoms. The van der Waals surface area contributed by atoms with Crippen molar-refractivity contribution in [3.8, 4) is 0 Å². The molecule has 2 aromatic rings. The molecule has 0 bridgehead atoms. The van der Waals surface area contributed by atoms with Crippen LogP contribution in [-0.2, 0) is 4.74 Å². The number of nitrogen functional groups attached to an aromatic ring is 1. The van der Waals surface area contributed by atoms with Crippen molar-refractivity contribution in [3.05, 3.63) is 45.7 Å². The number of alkyl carbamates (subject to hydrolysis) is 1. The zero-order valence-electron chi connectivity index (χ0n) is 27.4. The first kappa shape index (κ1) is 34.5. The highest BCUT2D eigenvalue weighted by Crippen LogP contribution is 2.33. The Morgan fingerprint density at radius 1 is 1.04 bits per heavy atom. The summed E-state index contributed by atoms with van der Waals surface area (Å²) in [5.74, 6) is 0.332. The molecular formula is C33H48Cl2N8O3. The number of nitrogens with two attached hydrogens (primary N) is 1. The molecule has 5 rings (SSSR count). The summed E-state index contributed by atoms with van der Waals surface area (Å²) in [6, 6.07) is 9.20. The highest BCUT2D eigenvalue weighted by molar-refractivity contribution is 6.32. The molecule has 1 aromatic heterocycles. The number of hydrogen-bond donors (Lipinski definition) is 3. The number of hydrogen-bond acceptors (Lipinski definition) is 9. The standard InChI is InChI=1S/C33H48Cl2N8O3/c1-5-24-20-42(30-28(35)39-27(29(36)40-30)31(44)38-23-10-11-23)18-19-43(24)25-13-16-41(17-14-25)26(21-6-8-22(34)9-7-21)12-15-37-32(45)46-33(2,3)4/h6-9,23-26H,5,10-20H2,1-4H3,(H2,36,40)(H,37,45)(H,38,44)/t24-,26?/m0/s1. The molecule has 2 atom stereocenters. The van der Waals surface area contributed by atoms with Gasteiger partial charge in [0.05, 0.1) is 0 Å². The van der Waals surface area contributed by atoms with E-state index in [1.807, 2.05) is 32.9 Å². The van der Waals surface area contributed by atoms with E-state index in [1.54, 1.807) is 0 Å². The fraction of sp³-hybridized carbons (Fsp3) is 0.636. The smallest absolute Gasteiger partial charge is 0.407 e. The van der Waals surface area contributed by atoms with Crippen LogP contribution in [0.1, 0.15) is 88.3 Å². The average Bonchev–Trinajstić information content (AvgIpc) is 3.84. The first-order valence-electron chi connectivity index (χ1n) is 16.5. The van der Waals surface area contributed by atoms with Gasteiger partial charge in [0, 0.05) is 68.5 Å². The van der Waals surface area contributed by atoms with Crippen LogP contribution >= 0.6 is 23.2 Å². The molecule has 252 valence electrons. The van der Waals surface area contributed by atoms with E-state index >= 15 is 0 Å². The van der Waals surface area contributed by atoms with Crippen LogP contribution in [0.25, 0.3) is 0 Å². The highest BCUT2D eigenvalue weighted by Gasteiger charge is 2.36. The maximum absolute atomic E-state index is 12.6. The van der Waals surface area contributed by atoms with E-state index in [0.717, 1.165) is 71.2 Å². The molecule has 3 fully saturated rings. The van der Waals surface area contributed by atoms with Gasteiger partial charge in [-0.2, -0.15) is 0 Å². The zero-order valence-corrected chi connectivity index (χ0v) is 28.9. The van der Waals surface area contributed by atoms with Crippen molar-refractivity contribution in [2.75, 3.05) is 49.9 Å². The third kappa shape index (κ3) is 8.93. The summed E-state index contributed by atoms with van der Waals surface area (Å²) in [5.41, 5.74) is 6.95. The van der Waals surface area contributed by atoms with Crippen LogP contribution < -0.4 is 21.3 Å². The van der Waals surface area contributed by atoms with E-state index in [0.29, 0.717) is 29.5 Å². The molecule has 3 heterocycles. The van der Waals surface area contributed by atoms with E-state index in [-0.39, 0.29) is 34.7 Å². The summed E-state index contributed by atoms with van der Waals surface area (Å²) < 4.78 is 5.44. The molecule has 3 aliphatic rings. The van der Waals surface area contributed by atoms with Crippen LogP contribution in [0.15, 0.2) is 24.3 Å². The van der Waals surface area contributed by atoms with Crippen LogP contribution in [0.5, 0.6) is 0 Å². The molecule has 1 aliphatic carbocycles. The van der Waals surface area contributed by atoms with Gasteiger partial charge in [0.1, 0.15) is 5.60 Å². The topological polar surface area (TPSA) is 129 Å². The Hall–Kier alpha value is -2.86. The minimum absolute atomic E-state index is 0.0932. The Labute approximate surface area is 282 Å². The largest absolute Gasteiger partial charge is 0.444 e. The van der Waals surface area contributed by atoms with Crippen molar-refractivity contribution in [3.63, 3.8) is 0 Å². The minimum atomic E-state index is -0.533. The second-order valence-electron chi connectivity index (χ2n) is 13.6. The molecule has 4 N–H and O–H groups in total. The van der Waals surface area contributed by atoms with Crippen LogP contribution in [0.2, 0.25) is 10.2 Å². The number of likely N-dealkylation sites (tertiary alicyclic amines) is 1. The van der Waals surface area contributed by atoms with Gasteiger partial charge in [-0.3, -0.25) is 14.6 Å². The van der Waals surface area contributed by atoms with Crippen molar-refractivity contribution in [1.29, 1.82) is 0 Å². The Morgan fingerprint density at radius 2 is 1.74 bits per heavy atom. The number of aromatic nitrogens is 2. The van der Waals surface area contributed by atoms with Crippen LogP contribution in [0.4, 0.5) is 16.4 Å². The summed E-state index contributed by atoms with van der Waals surface area (Å²) in [6.45, 7) is 12.6. The lowest BCUT2D eigenvalue weighted by molar-refractivity contribution is 0.0443. The van der Waals surface area contributed by atoms with Gasteiger partial charge in [-0.05, 0) is 77.0 Å². The first-order chi connectivity index (χ1) is 21.9. The van der Waals surface area contributed by atoms with Gasteiger partial charge >= 0.3 is 6.09 Å². The summed E-state index contributed by atoms with van der Waals surface area (Å²) in [6.07, 6.45) is 5.43. The maximum atomic E-state index is 12.6. The Kier molecular flexibility index (Phi) is 11.2. The number of nitrogens with one attached hydrogen (secondary N) is 2. The van der Waals surface area contributed by atoms with Crippen molar-refractivity contribution in [2.24, 2.45) is 0 Å². The van der Waals surface area contributed by atoms with E-state index in [2.05, 4.69) is 54.4 Å². The van der Waals surface area contributed by atoms with Crippen molar-refractivity contribution in [2.45, 2.75) is 96.0 Å². The second kappa shape index (κ2) is 14.9. The van der Waals surface area contributed by atoms with Crippen molar-refractivity contribution in [1.82, 2.24) is 30.4 Å². The lowest BCUT2D eigenvalue weighted by Crippen LogP contribution is -2.58. The Balaban J connectivity index is 1.19. The number of carbonyl (C=O) groups excluding carboxylic acids is 2. The SMILES string of the molecule is CC[C@H]1CN(c2nc(N)c(C(=O)NC3CC3)nc2Cl)CCN1C1CCN(C(CCNC(=O)OC(C)(C)C)c2ccc(Cl)cc2)CC1. The van der Waals surface area contributed by atoms with E-state index in [1.165, 1.54) is 5.56 Å². The predicted molar refractivity (Wildman–Crippen MR) is 183 cm³/mol. The van der Waals surface area contributed by atoms with Gasteiger partial charge in [0.15, 0.2) is 22.5 Å². The number of amides is 2. The van der Waals surface area contributed by atoms with Crippen molar-refractivity contribution >= 4 is 46.8 Å². The molecule has 1 saturated carbocycles. The fourth-order valence-electron chi connectivity index (χ4n) is 6.57. The van der Waals surface area contributed by atoms with Gasteiger partial charge < -0.3 is 26.0 Å². The highest BCUT2D eigenvalue weighted by atomic mass is 35.5. The quantitative estimate of drug-likeness (QED) is 0.308.